The van der Waals surface area contributed by atoms with Gasteiger partial charge in [0.1, 0.15) is 19.0 Å². The Morgan fingerprint density at radius 1 is 0.778 bits per heavy atom. The van der Waals surface area contributed by atoms with Gasteiger partial charge in [-0.2, -0.15) is 0 Å². The van der Waals surface area contributed by atoms with Crippen LogP contribution in [0.25, 0.3) is 23.1 Å². The van der Waals surface area contributed by atoms with Crippen molar-refractivity contribution in [1.29, 1.82) is 0 Å². The van der Waals surface area contributed by atoms with Crippen LogP contribution in [0.3, 0.4) is 0 Å². The molecule has 0 bridgehead atoms. The molecule has 0 aliphatic heterocycles. The van der Waals surface area contributed by atoms with Crippen LogP contribution in [0, 0.1) is 11.8 Å². The Labute approximate surface area is 270 Å². The molecule has 1 aliphatic carbocycles. The van der Waals surface area contributed by atoms with Gasteiger partial charge in [-0.25, -0.2) is 9.97 Å². The van der Waals surface area contributed by atoms with E-state index in [2.05, 4.69) is 5.32 Å². The highest BCUT2D eigenvalue weighted by Crippen LogP contribution is 2.32. The van der Waals surface area contributed by atoms with Gasteiger partial charge in [0.15, 0.2) is 17.3 Å². The number of halogens is 1. The van der Waals surface area contributed by atoms with Crippen LogP contribution < -0.4 is 20.5 Å². The van der Waals surface area contributed by atoms with Crippen LogP contribution in [0.1, 0.15) is 48.2 Å². The lowest BCUT2D eigenvalue weighted by Gasteiger charge is -2.28. The molecule has 2 unspecified atom stereocenters. The van der Waals surface area contributed by atoms with E-state index >= 15 is 0 Å². The lowest BCUT2D eigenvalue weighted by atomic mass is 9.81. The molecular weight excluding hydrogens is 580 g/mol. The lowest BCUT2D eigenvalue weighted by molar-refractivity contribution is 0.256. The number of rotatable bonds is 12. The van der Waals surface area contributed by atoms with Crippen LogP contribution in [-0.4, -0.2) is 23.1 Å². The maximum absolute atomic E-state index is 6.36. The molecule has 2 atom stereocenters. The molecule has 230 valence electrons. The minimum absolute atomic E-state index is 0.437. The summed E-state index contributed by atoms with van der Waals surface area (Å²) in [6.45, 7) is 2.52. The second-order valence-corrected chi connectivity index (χ2v) is 12.1. The van der Waals surface area contributed by atoms with Crippen molar-refractivity contribution in [2.75, 3.05) is 18.4 Å². The molecule has 1 heterocycles. The van der Waals surface area contributed by atoms with Crippen LogP contribution in [0.4, 0.5) is 5.82 Å². The second-order valence-electron chi connectivity index (χ2n) is 11.7. The van der Waals surface area contributed by atoms with Gasteiger partial charge >= 0.3 is 0 Å². The number of hydrogen-bond donors (Lipinski definition) is 2. The number of hydrogen-bond acceptors (Lipinski definition) is 6. The number of nitrogens with two attached hydrogens (primary N) is 1. The first kappa shape index (κ1) is 30.6. The quantitative estimate of drug-likeness (QED) is 0.145. The zero-order valence-electron chi connectivity index (χ0n) is 25.4. The summed E-state index contributed by atoms with van der Waals surface area (Å²) < 4.78 is 12.5. The summed E-state index contributed by atoms with van der Waals surface area (Å²) in [7, 11) is 0. The first-order valence-corrected chi connectivity index (χ1v) is 16.1. The molecule has 0 radical (unpaired) electrons. The van der Waals surface area contributed by atoms with Crippen LogP contribution in [0.2, 0.25) is 5.02 Å². The predicted octanol–water partition coefficient (Wildman–Crippen LogP) is 8.79. The fraction of sp³-hybridized carbons (Fsp3) is 0.263. The molecule has 7 heteroatoms. The van der Waals surface area contributed by atoms with E-state index in [1.54, 1.807) is 0 Å². The van der Waals surface area contributed by atoms with E-state index < -0.39 is 0 Å². The number of ether oxygens (including phenoxy) is 2. The highest BCUT2D eigenvalue weighted by Gasteiger charge is 2.21. The minimum Gasteiger partial charge on any atom is -0.485 e. The molecule has 5 aromatic rings. The fourth-order valence-electron chi connectivity index (χ4n) is 5.87. The van der Waals surface area contributed by atoms with Gasteiger partial charge in [-0.1, -0.05) is 90.8 Å². The van der Waals surface area contributed by atoms with Gasteiger partial charge in [0.05, 0.1) is 5.52 Å². The molecule has 3 N–H and O–H groups in total. The van der Waals surface area contributed by atoms with Gasteiger partial charge in [-0.15, -0.1) is 0 Å². The van der Waals surface area contributed by atoms with Crippen LogP contribution in [-0.2, 0) is 13.2 Å². The third-order valence-corrected chi connectivity index (χ3v) is 8.56. The molecule has 4 aromatic carbocycles. The zero-order valence-corrected chi connectivity index (χ0v) is 26.1. The van der Waals surface area contributed by atoms with E-state index in [1.807, 2.05) is 109 Å². The van der Waals surface area contributed by atoms with Crippen LogP contribution >= 0.6 is 11.6 Å². The van der Waals surface area contributed by atoms with Gasteiger partial charge in [0.25, 0.3) is 0 Å². The van der Waals surface area contributed by atoms with Crippen molar-refractivity contribution < 1.29 is 9.47 Å². The fourth-order valence-corrected chi connectivity index (χ4v) is 6.04. The topological polar surface area (TPSA) is 82.3 Å². The summed E-state index contributed by atoms with van der Waals surface area (Å²) >= 11 is 6.36. The largest absolute Gasteiger partial charge is 0.485 e. The van der Waals surface area contributed by atoms with Crippen molar-refractivity contribution in [1.82, 2.24) is 9.97 Å². The lowest BCUT2D eigenvalue weighted by Crippen LogP contribution is -2.26. The molecule has 1 fully saturated rings. The minimum atomic E-state index is 0.437. The summed E-state index contributed by atoms with van der Waals surface area (Å²) in [5.41, 5.74) is 9.92. The third kappa shape index (κ3) is 8.41. The number of anilines is 1. The SMILES string of the molecule is NCC1CCCC(CNc2nc(/C=C/c3ccc(OCc4ccccc4)c(OCc4ccccc4)c3)nc3cc(Cl)ccc23)C1. The summed E-state index contributed by atoms with van der Waals surface area (Å²) in [6.07, 6.45) is 8.76. The van der Waals surface area contributed by atoms with Crippen molar-refractivity contribution in [2.24, 2.45) is 17.6 Å². The Kier molecular flexibility index (Phi) is 10.3. The molecule has 6 nitrogen and oxygen atoms in total. The first-order chi connectivity index (χ1) is 22.1. The van der Waals surface area contributed by atoms with Gasteiger partial charge in [-0.05, 0) is 90.7 Å². The number of nitrogens with one attached hydrogen (secondary N) is 1. The van der Waals surface area contributed by atoms with E-state index in [-0.39, 0.29) is 0 Å². The predicted molar refractivity (Wildman–Crippen MR) is 184 cm³/mol. The Morgan fingerprint density at radius 2 is 1.49 bits per heavy atom. The standard InChI is InChI=1S/C38H39ClN4O2/c39-32-16-17-33-34(22-32)42-37(43-38(33)41-24-31-13-7-12-30(20-31)23-40)19-15-27-14-18-35(44-25-28-8-3-1-4-9-28)36(21-27)45-26-29-10-5-2-6-11-29/h1-6,8-11,14-19,21-22,30-31H,7,12-13,20,23-26,40H2,(H,41,42,43)/b19-15+. The third-order valence-electron chi connectivity index (χ3n) is 8.33. The Hall–Kier alpha value is -4.39. The van der Waals surface area contributed by atoms with E-state index in [4.69, 9.17) is 36.8 Å². The van der Waals surface area contributed by atoms with Gasteiger partial charge < -0.3 is 20.5 Å². The maximum Gasteiger partial charge on any atom is 0.162 e. The summed E-state index contributed by atoms with van der Waals surface area (Å²) in [5, 5.41) is 5.23. The molecular formula is C38H39ClN4O2. The molecule has 6 rings (SSSR count). The Morgan fingerprint density at radius 3 is 2.22 bits per heavy atom. The molecule has 1 aliphatic rings. The Bertz CT molecular complexity index is 1730. The van der Waals surface area contributed by atoms with Crippen molar-refractivity contribution in [3.63, 3.8) is 0 Å². The molecule has 1 saturated carbocycles. The van der Waals surface area contributed by atoms with E-state index in [0.717, 1.165) is 52.9 Å². The van der Waals surface area contributed by atoms with Crippen molar-refractivity contribution in [2.45, 2.75) is 38.9 Å². The Balaban J connectivity index is 1.23. The highest BCUT2D eigenvalue weighted by atomic mass is 35.5. The number of aromatic nitrogens is 2. The molecule has 1 aromatic heterocycles. The summed E-state index contributed by atoms with van der Waals surface area (Å²) in [6, 6.07) is 32.0. The smallest absolute Gasteiger partial charge is 0.162 e. The average Bonchev–Trinajstić information content (AvgIpc) is 3.09. The van der Waals surface area contributed by atoms with Crippen molar-refractivity contribution >= 4 is 40.5 Å². The van der Waals surface area contributed by atoms with Crippen LogP contribution in [0.15, 0.2) is 97.1 Å². The van der Waals surface area contributed by atoms with Gasteiger partial charge in [0, 0.05) is 17.0 Å². The number of nitrogens with zero attached hydrogens (tertiary/aromatic N) is 2. The summed E-state index contributed by atoms with van der Waals surface area (Å²) in [5.74, 6) is 3.99. The van der Waals surface area contributed by atoms with Crippen molar-refractivity contribution in [3.05, 3.63) is 125 Å². The maximum atomic E-state index is 6.36. The average molecular weight is 619 g/mol. The van der Waals surface area contributed by atoms with E-state index in [9.17, 15) is 0 Å². The normalized spacial score (nSPS) is 16.6. The number of fused-ring (bicyclic) bond motifs is 1. The monoisotopic (exact) mass is 618 g/mol. The second kappa shape index (κ2) is 15.1. The molecule has 0 amide bonds. The molecule has 0 saturated heterocycles. The van der Waals surface area contributed by atoms with Crippen molar-refractivity contribution in [3.8, 4) is 11.5 Å². The summed E-state index contributed by atoms with van der Waals surface area (Å²) in [4.78, 5) is 9.73. The molecule has 45 heavy (non-hydrogen) atoms. The van der Waals surface area contributed by atoms with E-state index in [1.165, 1.54) is 19.3 Å². The first-order valence-electron chi connectivity index (χ1n) is 15.7. The number of benzene rings is 4. The van der Waals surface area contributed by atoms with Gasteiger partial charge in [0.2, 0.25) is 0 Å². The highest BCUT2D eigenvalue weighted by molar-refractivity contribution is 6.31. The van der Waals surface area contributed by atoms with Gasteiger partial charge in [-0.3, -0.25) is 0 Å². The van der Waals surface area contributed by atoms with E-state index in [0.29, 0.717) is 47.4 Å². The van der Waals surface area contributed by atoms with Crippen LogP contribution in [0.5, 0.6) is 11.5 Å². The zero-order chi connectivity index (χ0) is 30.8. The molecule has 0 spiro atoms.